The molecule has 3 aliphatic rings. The molecule has 0 saturated carbocycles. The lowest BCUT2D eigenvalue weighted by Gasteiger charge is -2.24. The van der Waals surface area contributed by atoms with Crippen molar-refractivity contribution in [3.63, 3.8) is 0 Å². The largest absolute Gasteiger partial charge is 0.485 e. The maximum atomic E-state index is 11.2. The molecule has 1 unspecified atom stereocenters. The average Bonchev–Trinajstić information content (AvgIpc) is 2.52. The fourth-order valence-corrected chi connectivity index (χ4v) is 2.63. The summed E-state index contributed by atoms with van der Waals surface area (Å²) in [6.07, 6.45) is -1.15. The van der Waals surface area contributed by atoms with Crippen LogP contribution in [0, 0.1) is 0 Å². The first-order valence-corrected chi connectivity index (χ1v) is 5.70. The van der Waals surface area contributed by atoms with Crippen LogP contribution in [0.15, 0.2) is 30.3 Å². The molecule has 15 heavy (non-hydrogen) atoms. The minimum Gasteiger partial charge on any atom is -0.435 e. The molecule has 0 aromatic heterocycles. The molecule has 1 N–H and O–H groups in total. The molecule has 0 radical (unpaired) electrons. The van der Waals surface area contributed by atoms with E-state index in [9.17, 15) is 9.67 Å². The monoisotopic (exact) mass is 230 g/mol. The molecule has 6 nitrogen and oxygen atoms in total. The molecule has 3 heterocycles. The van der Waals surface area contributed by atoms with Gasteiger partial charge in [-0.15, -0.1) is 0 Å². The second kappa shape index (κ2) is 2.81. The number of fused-ring (bicyclic) bond motifs is 1. The lowest BCUT2D eigenvalue weighted by molar-refractivity contribution is -0.310. The van der Waals surface area contributed by atoms with Gasteiger partial charge in [-0.25, -0.2) is 18.1 Å². The molecule has 3 fully saturated rings. The van der Waals surface area contributed by atoms with Gasteiger partial charge >= 0.3 is 13.8 Å². The predicted molar refractivity (Wildman–Crippen MR) is 46.7 cm³/mol. The molecule has 4 rings (SSSR count). The van der Waals surface area contributed by atoms with Gasteiger partial charge in [0, 0.05) is 0 Å². The van der Waals surface area contributed by atoms with Crippen LogP contribution in [-0.4, -0.2) is 17.4 Å². The highest BCUT2D eigenvalue weighted by Gasteiger charge is 2.71. The van der Waals surface area contributed by atoms with Crippen LogP contribution >= 0.6 is 7.82 Å². The third-order valence-corrected chi connectivity index (χ3v) is 3.38. The van der Waals surface area contributed by atoms with E-state index in [4.69, 9.17) is 4.74 Å². The van der Waals surface area contributed by atoms with Gasteiger partial charge in [-0.05, 0) is 12.1 Å². The summed E-state index contributed by atoms with van der Waals surface area (Å²) in [5, 5.41) is 9.75. The van der Waals surface area contributed by atoms with E-state index in [0.29, 0.717) is 5.75 Å². The van der Waals surface area contributed by atoms with E-state index in [-0.39, 0.29) is 0 Å². The zero-order chi connectivity index (χ0) is 10.5. The zero-order valence-electron chi connectivity index (χ0n) is 7.40. The van der Waals surface area contributed by atoms with Crippen LogP contribution in [0.2, 0.25) is 0 Å². The maximum absolute atomic E-state index is 11.2. The Hall–Kier alpha value is -0.910. The van der Waals surface area contributed by atoms with Gasteiger partial charge in [-0.3, -0.25) is 0 Å². The Balaban J connectivity index is 1.82. The van der Waals surface area contributed by atoms with E-state index >= 15 is 0 Å². The molecule has 7 heteroatoms. The lowest BCUT2D eigenvalue weighted by Crippen LogP contribution is -2.45. The fraction of sp³-hybridized carbons (Fsp3) is 0.250. The average molecular weight is 230 g/mol. The summed E-state index contributed by atoms with van der Waals surface area (Å²) in [7, 11) is -3.53. The Kier molecular flexibility index (Phi) is 1.75. The van der Waals surface area contributed by atoms with E-state index in [1.54, 1.807) is 30.3 Å². The lowest BCUT2D eigenvalue weighted by atomic mass is 10.3. The third-order valence-electron chi connectivity index (χ3n) is 2.00. The highest BCUT2D eigenvalue weighted by Crippen LogP contribution is 2.71. The van der Waals surface area contributed by atoms with Gasteiger partial charge in [-0.1, -0.05) is 18.2 Å². The quantitative estimate of drug-likeness (QED) is 0.608. The molecule has 1 aromatic carbocycles. The third kappa shape index (κ3) is 1.39. The van der Waals surface area contributed by atoms with Crippen molar-refractivity contribution in [3.8, 4) is 5.75 Å². The van der Waals surface area contributed by atoms with Crippen LogP contribution in [0.4, 0.5) is 0 Å². The van der Waals surface area contributed by atoms with Crippen molar-refractivity contribution >= 4 is 7.82 Å². The zero-order valence-corrected chi connectivity index (χ0v) is 8.29. The number of phosphoric ester groups is 1. The van der Waals surface area contributed by atoms with Crippen LogP contribution in [-0.2, 0) is 18.1 Å². The van der Waals surface area contributed by atoms with Gasteiger partial charge in [0.25, 0.3) is 6.29 Å². The number of benzene rings is 1. The molecule has 0 amide bonds. The normalized spacial score (nSPS) is 42.3. The van der Waals surface area contributed by atoms with E-state index in [1.165, 1.54) is 0 Å². The molecule has 1 atom stereocenters. The van der Waals surface area contributed by atoms with Gasteiger partial charge in [0.15, 0.2) is 0 Å². The maximum Gasteiger partial charge on any atom is 0.485 e. The van der Waals surface area contributed by atoms with Crippen molar-refractivity contribution in [2.75, 3.05) is 0 Å². The summed E-state index contributed by atoms with van der Waals surface area (Å²) in [5.74, 6) is -1.75. The van der Waals surface area contributed by atoms with Crippen molar-refractivity contribution < 1.29 is 28.0 Å². The standard InChI is InChI=1S/C8H7O6P/c9-8(7-12-15(10,13-7)14-8)11-6-4-2-1-3-5-6/h1-5,7,9H. The number of hydrogen-bond acceptors (Lipinski definition) is 6. The van der Waals surface area contributed by atoms with E-state index in [1.807, 2.05) is 0 Å². The van der Waals surface area contributed by atoms with Crippen molar-refractivity contribution in [1.29, 1.82) is 0 Å². The Morgan fingerprint density at radius 2 is 2.00 bits per heavy atom. The van der Waals surface area contributed by atoms with Gasteiger partial charge < -0.3 is 9.84 Å². The van der Waals surface area contributed by atoms with Crippen molar-refractivity contribution in [1.82, 2.24) is 0 Å². The highest BCUT2D eigenvalue weighted by atomic mass is 31.2. The predicted octanol–water partition coefficient (Wildman–Crippen LogP) is 1.22. The van der Waals surface area contributed by atoms with Crippen LogP contribution in [0.1, 0.15) is 0 Å². The molecule has 3 saturated heterocycles. The molecular weight excluding hydrogens is 223 g/mol. The molecule has 0 spiro atoms. The number of rotatable bonds is 2. The molecule has 3 aliphatic heterocycles. The summed E-state index contributed by atoms with van der Waals surface area (Å²) in [6.45, 7) is 0. The van der Waals surface area contributed by atoms with Gasteiger partial charge in [-0.2, -0.15) is 0 Å². The van der Waals surface area contributed by atoms with Gasteiger partial charge in [0.2, 0.25) is 0 Å². The van der Waals surface area contributed by atoms with Crippen LogP contribution in [0.25, 0.3) is 0 Å². The second-order valence-corrected chi connectivity index (χ2v) is 4.63. The van der Waals surface area contributed by atoms with Crippen LogP contribution < -0.4 is 4.74 Å². The molecule has 1 aromatic rings. The number of ether oxygens (including phenoxy) is 1. The first kappa shape index (κ1) is 9.33. The summed E-state index contributed by atoms with van der Waals surface area (Å²) in [6, 6.07) is 8.48. The fourth-order valence-electron chi connectivity index (χ4n) is 1.35. The summed E-state index contributed by atoms with van der Waals surface area (Å²) in [5.41, 5.74) is 0. The summed E-state index contributed by atoms with van der Waals surface area (Å²) < 4.78 is 30.3. The van der Waals surface area contributed by atoms with Gasteiger partial charge in [0.1, 0.15) is 5.75 Å². The molecule has 80 valence electrons. The highest BCUT2D eigenvalue weighted by molar-refractivity contribution is 7.50. The topological polar surface area (TPSA) is 74.2 Å². The Bertz CT molecular complexity index is 424. The van der Waals surface area contributed by atoms with E-state index < -0.39 is 20.1 Å². The van der Waals surface area contributed by atoms with E-state index in [2.05, 4.69) is 13.6 Å². The number of hydrogen-bond donors (Lipinski definition) is 1. The Morgan fingerprint density at radius 3 is 2.53 bits per heavy atom. The first-order chi connectivity index (χ1) is 7.10. The molecule has 0 aliphatic carbocycles. The summed E-state index contributed by atoms with van der Waals surface area (Å²) >= 11 is 0. The number of phosphoric acid groups is 1. The number of aliphatic hydroxyl groups is 1. The molecular formula is C8H7O6P. The van der Waals surface area contributed by atoms with Crippen molar-refractivity contribution in [3.05, 3.63) is 30.3 Å². The number of para-hydroxylation sites is 1. The van der Waals surface area contributed by atoms with Crippen LogP contribution in [0.3, 0.4) is 0 Å². The SMILES string of the molecule is O=P12OC(O1)C(O)(Oc1ccccc1)O2. The minimum atomic E-state index is -3.53. The van der Waals surface area contributed by atoms with Gasteiger partial charge in [0.05, 0.1) is 0 Å². The minimum absolute atomic E-state index is 0.368. The smallest absolute Gasteiger partial charge is 0.435 e. The van der Waals surface area contributed by atoms with Crippen molar-refractivity contribution in [2.24, 2.45) is 0 Å². The first-order valence-electron chi connectivity index (χ1n) is 4.24. The van der Waals surface area contributed by atoms with Crippen LogP contribution in [0.5, 0.6) is 5.75 Å². The second-order valence-electron chi connectivity index (χ2n) is 3.13. The van der Waals surface area contributed by atoms with E-state index in [0.717, 1.165) is 0 Å². The van der Waals surface area contributed by atoms with Crippen molar-refractivity contribution in [2.45, 2.75) is 12.3 Å². The Labute approximate surface area is 84.9 Å². The molecule has 2 bridgehead atoms. The summed E-state index contributed by atoms with van der Waals surface area (Å²) in [4.78, 5) is 0. The Morgan fingerprint density at radius 1 is 1.33 bits per heavy atom.